The number of benzene rings is 1. The summed E-state index contributed by atoms with van der Waals surface area (Å²) in [6.45, 7) is 2.56. The van der Waals surface area contributed by atoms with Crippen LogP contribution >= 0.6 is 15.9 Å². The first-order chi connectivity index (χ1) is 7.77. The molecule has 1 aromatic carbocycles. The minimum Gasteiger partial charge on any atom is -0.496 e. The van der Waals surface area contributed by atoms with Gasteiger partial charge in [0.05, 0.1) is 20.0 Å². The molecule has 0 bridgehead atoms. The number of nitrogens with two attached hydrogens (primary N) is 1. The fourth-order valence-corrected chi connectivity index (χ4v) is 1.94. The first-order valence-corrected chi connectivity index (χ1v) is 6.17. The van der Waals surface area contributed by atoms with Crippen molar-refractivity contribution < 1.29 is 9.47 Å². The van der Waals surface area contributed by atoms with Crippen molar-refractivity contribution in [2.24, 2.45) is 5.73 Å². The van der Waals surface area contributed by atoms with Crippen LogP contribution < -0.4 is 10.5 Å². The van der Waals surface area contributed by atoms with E-state index in [1.807, 2.05) is 18.2 Å². The van der Waals surface area contributed by atoms with Crippen LogP contribution in [0.1, 0.15) is 18.4 Å². The highest BCUT2D eigenvalue weighted by Crippen LogP contribution is 2.25. The first kappa shape index (κ1) is 16.5. The van der Waals surface area contributed by atoms with Crippen LogP contribution in [0.2, 0.25) is 0 Å². The van der Waals surface area contributed by atoms with Crippen molar-refractivity contribution in [3.05, 3.63) is 28.2 Å². The normalized spacial score (nSPS) is 13.4. The van der Waals surface area contributed by atoms with Crippen LogP contribution in [0.15, 0.2) is 22.7 Å². The van der Waals surface area contributed by atoms with Gasteiger partial charge in [-0.05, 0) is 46.5 Å². The molecule has 3 nitrogen and oxygen atoms in total. The molecule has 0 aliphatic carbocycles. The third-order valence-corrected chi connectivity index (χ3v) is 2.90. The van der Waals surface area contributed by atoms with Gasteiger partial charge in [0.25, 0.3) is 0 Å². The second kappa shape index (κ2) is 9.51. The summed E-state index contributed by atoms with van der Waals surface area (Å²) in [5.74, 6) is 0.835. The van der Waals surface area contributed by atoms with Crippen molar-refractivity contribution in [3.8, 4) is 5.75 Å². The summed E-state index contributed by atoms with van der Waals surface area (Å²) < 4.78 is 10.9. The van der Waals surface area contributed by atoms with Crippen molar-refractivity contribution in [1.82, 2.24) is 0 Å². The molecule has 1 fully saturated rings. The molecule has 1 saturated heterocycles. The molecule has 96 valence electrons. The molecule has 5 heteroatoms. The Labute approximate surface area is 113 Å². The molecular weight excluding hydrogens is 281 g/mol. The lowest BCUT2D eigenvalue weighted by molar-refractivity contribution is 0.198. The van der Waals surface area contributed by atoms with Crippen molar-refractivity contribution in [2.75, 3.05) is 20.3 Å². The van der Waals surface area contributed by atoms with E-state index in [-0.39, 0.29) is 8.41 Å². The molecule has 1 heterocycles. The van der Waals surface area contributed by atoms with Gasteiger partial charge in [-0.1, -0.05) is 6.07 Å². The van der Waals surface area contributed by atoms with Gasteiger partial charge in [-0.3, -0.25) is 0 Å². The third kappa shape index (κ3) is 6.10. The van der Waals surface area contributed by atoms with Crippen molar-refractivity contribution in [2.45, 2.75) is 19.4 Å². The van der Waals surface area contributed by atoms with Crippen LogP contribution in [-0.4, -0.2) is 28.7 Å². The van der Waals surface area contributed by atoms with E-state index < -0.39 is 0 Å². The Balaban J connectivity index is 0.000000360. The van der Waals surface area contributed by atoms with Crippen LogP contribution in [0.4, 0.5) is 0 Å². The van der Waals surface area contributed by atoms with Crippen LogP contribution in [0.5, 0.6) is 5.75 Å². The zero-order valence-corrected chi connectivity index (χ0v) is 11.1. The zero-order valence-electron chi connectivity index (χ0n) is 9.54. The van der Waals surface area contributed by atoms with E-state index in [0.29, 0.717) is 6.54 Å². The Bertz CT molecular complexity index is 312. The predicted octanol–water partition coefficient (Wildman–Crippen LogP) is 1.53. The quantitative estimate of drug-likeness (QED) is 0.843. The minimum absolute atomic E-state index is 0. The monoisotopic (exact) mass is 301 g/mol. The molecule has 0 atom stereocenters. The van der Waals surface area contributed by atoms with Gasteiger partial charge in [0.1, 0.15) is 5.75 Å². The summed E-state index contributed by atoms with van der Waals surface area (Å²) in [6.07, 6.45) is 2.56. The lowest BCUT2D eigenvalue weighted by atomic mass is 10.2. The molecule has 0 unspecified atom stereocenters. The van der Waals surface area contributed by atoms with Gasteiger partial charge in [0, 0.05) is 19.8 Å². The SMILES string of the molecule is B.C1CCOC1.COc1ccc(CN)cc1Br. The Morgan fingerprint density at radius 3 is 2.35 bits per heavy atom. The number of hydrogen-bond acceptors (Lipinski definition) is 3. The van der Waals surface area contributed by atoms with Gasteiger partial charge in [0.2, 0.25) is 0 Å². The molecule has 0 radical (unpaired) electrons. The first-order valence-electron chi connectivity index (χ1n) is 5.38. The summed E-state index contributed by atoms with van der Waals surface area (Å²) >= 11 is 3.37. The van der Waals surface area contributed by atoms with Gasteiger partial charge in [-0.25, -0.2) is 0 Å². The maximum atomic E-state index is 5.45. The Morgan fingerprint density at radius 1 is 1.35 bits per heavy atom. The second-order valence-electron chi connectivity index (χ2n) is 3.49. The second-order valence-corrected chi connectivity index (χ2v) is 4.35. The molecular formula is C12H21BBrNO2. The summed E-state index contributed by atoms with van der Waals surface area (Å²) in [5.41, 5.74) is 6.54. The number of halogens is 1. The number of hydrogen-bond donors (Lipinski definition) is 1. The molecule has 1 aliphatic rings. The predicted molar refractivity (Wildman–Crippen MR) is 78.6 cm³/mol. The average Bonchev–Trinajstić information content (AvgIpc) is 2.87. The van der Waals surface area contributed by atoms with E-state index in [0.717, 1.165) is 29.0 Å². The largest absolute Gasteiger partial charge is 0.496 e. The minimum atomic E-state index is 0. The number of methoxy groups -OCH3 is 1. The highest BCUT2D eigenvalue weighted by atomic mass is 79.9. The Hall–Kier alpha value is -0.515. The van der Waals surface area contributed by atoms with Crippen LogP contribution in [0, 0.1) is 0 Å². The van der Waals surface area contributed by atoms with E-state index in [1.165, 1.54) is 12.8 Å². The highest BCUT2D eigenvalue weighted by molar-refractivity contribution is 9.10. The highest BCUT2D eigenvalue weighted by Gasteiger charge is 1.98. The molecule has 2 rings (SSSR count). The average molecular weight is 302 g/mol. The summed E-state index contributed by atoms with van der Waals surface area (Å²) in [4.78, 5) is 0. The topological polar surface area (TPSA) is 44.5 Å². The Morgan fingerprint density at radius 2 is 2.00 bits per heavy atom. The molecule has 0 spiro atoms. The van der Waals surface area contributed by atoms with Crippen molar-refractivity contribution in [3.63, 3.8) is 0 Å². The maximum absolute atomic E-state index is 5.45. The molecule has 2 N–H and O–H groups in total. The summed E-state index contributed by atoms with van der Waals surface area (Å²) in [5, 5.41) is 0. The van der Waals surface area contributed by atoms with E-state index >= 15 is 0 Å². The third-order valence-electron chi connectivity index (χ3n) is 2.28. The summed E-state index contributed by atoms with van der Waals surface area (Å²) in [6, 6.07) is 5.80. The number of ether oxygens (including phenoxy) is 2. The summed E-state index contributed by atoms with van der Waals surface area (Å²) in [7, 11) is 1.64. The van der Waals surface area contributed by atoms with E-state index in [2.05, 4.69) is 15.9 Å². The van der Waals surface area contributed by atoms with Gasteiger partial charge in [-0.15, -0.1) is 0 Å². The lowest BCUT2D eigenvalue weighted by Crippen LogP contribution is -1.96. The molecule has 0 aromatic heterocycles. The van der Waals surface area contributed by atoms with Gasteiger partial charge in [0.15, 0.2) is 0 Å². The molecule has 0 amide bonds. The molecule has 1 aromatic rings. The van der Waals surface area contributed by atoms with Crippen molar-refractivity contribution in [1.29, 1.82) is 0 Å². The van der Waals surface area contributed by atoms with Crippen LogP contribution in [0.3, 0.4) is 0 Å². The van der Waals surface area contributed by atoms with E-state index in [9.17, 15) is 0 Å². The smallest absolute Gasteiger partial charge is 0.133 e. The van der Waals surface area contributed by atoms with Gasteiger partial charge < -0.3 is 15.2 Å². The van der Waals surface area contributed by atoms with Crippen LogP contribution in [0.25, 0.3) is 0 Å². The standard InChI is InChI=1S/C8H10BrNO.C4H8O.BH3/c1-11-8-3-2-6(5-10)4-7(8)9;1-2-4-5-3-1;/h2-4H,5,10H2,1H3;1-4H2;1H3. The maximum Gasteiger partial charge on any atom is 0.133 e. The fraction of sp³-hybridized carbons (Fsp3) is 0.500. The van der Waals surface area contributed by atoms with Gasteiger partial charge >= 0.3 is 0 Å². The van der Waals surface area contributed by atoms with Crippen LogP contribution in [-0.2, 0) is 11.3 Å². The van der Waals surface area contributed by atoms with E-state index in [4.69, 9.17) is 15.2 Å². The lowest BCUT2D eigenvalue weighted by Gasteiger charge is -2.03. The van der Waals surface area contributed by atoms with Gasteiger partial charge in [-0.2, -0.15) is 0 Å². The van der Waals surface area contributed by atoms with E-state index in [1.54, 1.807) is 7.11 Å². The van der Waals surface area contributed by atoms with Crippen molar-refractivity contribution >= 4 is 24.3 Å². The Kier molecular flexibility index (Phi) is 9.22. The molecule has 1 aliphatic heterocycles. The molecule has 0 saturated carbocycles. The zero-order chi connectivity index (χ0) is 11.8. The fourth-order valence-electron chi connectivity index (χ4n) is 1.35. The number of rotatable bonds is 2. The molecule has 17 heavy (non-hydrogen) atoms.